The Kier molecular flexibility index (Phi) is 6.14. The molecule has 7 nitrogen and oxygen atoms in total. The summed E-state index contributed by atoms with van der Waals surface area (Å²) in [4.78, 5) is 30.9. The molecule has 2 aromatic heterocycles. The molecule has 0 spiro atoms. The minimum Gasteiger partial charge on any atom is -0.388 e. The van der Waals surface area contributed by atoms with E-state index in [9.17, 15) is 14.7 Å². The molecule has 150 valence electrons. The summed E-state index contributed by atoms with van der Waals surface area (Å²) < 4.78 is 4.63. The smallest absolute Gasteiger partial charge is 0.333 e. The minimum atomic E-state index is -0.353. The molecular formula is C21H28N4O3. The van der Waals surface area contributed by atoms with Gasteiger partial charge in [-0.25, -0.2) is 9.78 Å². The number of benzene rings is 1. The Labute approximate surface area is 163 Å². The normalized spacial score (nSPS) is 11.4. The van der Waals surface area contributed by atoms with Gasteiger partial charge in [0, 0.05) is 13.1 Å². The first-order valence-corrected chi connectivity index (χ1v) is 9.90. The highest BCUT2D eigenvalue weighted by Gasteiger charge is 2.21. The summed E-state index contributed by atoms with van der Waals surface area (Å²) in [6.45, 7) is 7.07. The number of hydrogen-bond acceptors (Lipinski definition) is 4. The molecule has 0 atom stereocenters. The van der Waals surface area contributed by atoms with E-state index in [-0.39, 0.29) is 24.4 Å². The van der Waals surface area contributed by atoms with Crippen LogP contribution >= 0.6 is 0 Å². The van der Waals surface area contributed by atoms with Gasteiger partial charge < -0.3 is 9.67 Å². The maximum Gasteiger partial charge on any atom is 0.333 e. The summed E-state index contributed by atoms with van der Waals surface area (Å²) in [5.41, 5.74) is 2.09. The van der Waals surface area contributed by atoms with E-state index in [0.717, 1.165) is 30.4 Å². The van der Waals surface area contributed by atoms with E-state index in [4.69, 9.17) is 0 Å². The van der Waals surface area contributed by atoms with Gasteiger partial charge in [-0.3, -0.25) is 13.9 Å². The molecule has 0 saturated heterocycles. The average molecular weight is 384 g/mol. The SMILES string of the molecule is CCCCn1c(=O)n(Cc2ccc(C)cc2)c(=O)c2c1nc(CO)n2CCC. The minimum absolute atomic E-state index is 0.214. The number of rotatable bonds is 8. The largest absolute Gasteiger partial charge is 0.388 e. The van der Waals surface area contributed by atoms with Crippen LogP contribution in [0.3, 0.4) is 0 Å². The Balaban J connectivity index is 2.27. The van der Waals surface area contributed by atoms with E-state index in [1.807, 2.05) is 38.1 Å². The lowest BCUT2D eigenvalue weighted by Crippen LogP contribution is -2.41. The highest BCUT2D eigenvalue weighted by Crippen LogP contribution is 2.14. The fraction of sp³-hybridized carbons (Fsp3) is 0.476. The molecule has 0 saturated carbocycles. The lowest BCUT2D eigenvalue weighted by atomic mass is 10.1. The number of nitrogens with zero attached hydrogens (tertiary/aromatic N) is 4. The average Bonchev–Trinajstić information content (AvgIpc) is 3.05. The summed E-state index contributed by atoms with van der Waals surface area (Å²) in [5.74, 6) is 0.423. The molecule has 1 N–H and O–H groups in total. The Hall–Kier alpha value is -2.67. The van der Waals surface area contributed by atoms with E-state index in [1.165, 1.54) is 4.57 Å². The summed E-state index contributed by atoms with van der Waals surface area (Å²) in [6, 6.07) is 7.81. The highest BCUT2D eigenvalue weighted by atomic mass is 16.3. The molecule has 0 amide bonds. The fourth-order valence-electron chi connectivity index (χ4n) is 3.45. The van der Waals surface area contributed by atoms with Crippen molar-refractivity contribution in [2.75, 3.05) is 0 Å². The van der Waals surface area contributed by atoms with Crippen molar-refractivity contribution in [1.82, 2.24) is 18.7 Å². The Bertz CT molecular complexity index is 1070. The number of fused-ring (bicyclic) bond motifs is 1. The second-order valence-corrected chi connectivity index (χ2v) is 7.17. The lowest BCUT2D eigenvalue weighted by molar-refractivity contribution is 0.265. The van der Waals surface area contributed by atoms with Gasteiger partial charge in [-0.2, -0.15) is 0 Å². The van der Waals surface area contributed by atoms with E-state index in [2.05, 4.69) is 11.9 Å². The van der Waals surface area contributed by atoms with Gasteiger partial charge >= 0.3 is 5.69 Å². The van der Waals surface area contributed by atoms with Crippen molar-refractivity contribution in [1.29, 1.82) is 0 Å². The fourth-order valence-corrected chi connectivity index (χ4v) is 3.45. The molecule has 0 radical (unpaired) electrons. The van der Waals surface area contributed by atoms with E-state index < -0.39 is 0 Å². The third kappa shape index (κ3) is 3.67. The van der Waals surface area contributed by atoms with Gasteiger partial charge in [0.05, 0.1) is 6.54 Å². The van der Waals surface area contributed by atoms with Gasteiger partial charge in [0.1, 0.15) is 12.4 Å². The molecule has 28 heavy (non-hydrogen) atoms. The zero-order chi connectivity index (χ0) is 20.3. The Morgan fingerprint density at radius 3 is 2.29 bits per heavy atom. The second kappa shape index (κ2) is 8.56. The predicted octanol–water partition coefficient (Wildman–Crippen LogP) is 2.42. The monoisotopic (exact) mass is 384 g/mol. The first-order valence-electron chi connectivity index (χ1n) is 9.90. The number of imidazole rings is 1. The van der Waals surface area contributed by atoms with E-state index in [1.54, 1.807) is 9.13 Å². The number of unbranched alkanes of at least 4 members (excludes halogenated alkanes) is 1. The van der Waals surface area contributed by atoms with Crippen molar-refractivity contribution in [2.45, 2.75) is 66.3 Å². The number of hydrogen-bond donors (Lipinski definition) is 1. The molecule has 0 aliphatic heterocycles. The van der Waals surface area contributed by atoms with Crippen molar-refractivity contribution in [3.63, 3.8) is 0 Å². The molecule has 0 aliphatic carbocycles. The first kappa shape index (κ1) is 20.1. The lowest BCUT2D eigenvalue weighted by Gasteiger charge is -2.12. The third-order valence-corrected chi connectivity index (χ3v) is 4.98. The molecular weight excluding hydrogens is 356 g/mol. The molecule has 0 bridgehead atoms. The van der Waals surface area contributed by atoms with Crippen LogP contribution in [-0.2, 0) is 26.2 Å². The van der Waals surface area contributed by atoms with Gasteiger partial charge in [-0.05, 0) is 25.3 Å². The van der Waals surface area contributed by atoms with Crippen LogP contribution in [0.5, 0.6) is 0 Å². The number of aliphatic hydroxyl groups is 1. The predicted molar refractivity (Wildman–Crippen MR) is 110 cm³/mol. The molecule has 1 aromatic carbocycles. The van der Waals surface area contributed by atoms with Crippen LogP contribution in [0.25, 0.3) is 11.2 Å². The summed E-state index contributed by atoms with van der Waals surface area (Å²) in [7, 11) is 0. The molecule has 0 aliphatic rings. The second-order valence-electron chi connectivity index (χ2n) is 7.17. The van der Waals surface area contributed by atoms with Crippen LogP contribution < -0.4 is 11.2 Å². The quantitative estimate of drug-likeness (QED) is 0.647. The molecule has 0 fully saturated rings. The van der Waals surface area contributed by atoms with Gasteiger partial charge in [0.2, 0.25) is 0 Å². The Morgan fingerprint density at radius 1 is 0.964 bits per heavy atom. The Morgan fingerprint density at radius 2 is 1.68 bits per heavy atom. The van der Waals surface area contributed by atoms with Crippen molar-refractivity contribution in [3.8, 4) is 0 Å². The van der Waals surface area contributed by atoms with Gasteiger partial charge in [0.25, 0.3) is 5.56 Å². The maximum atomic E-state index is 13.3. The van der Waals surface area contributed by atoms with Crippen LogP contribution in [0, 0.1) is 6.92 Å². The van der Waals surface area contributed by atoms with Crippen LogP contribution in [0.15, 0.2) is 33.9 Å². The molecule has 0 unspecified atom stereocenters. The van der Waals surface area contributed by atoms with Crippen LogP contribution in [0.4, 0.5) is 0 Å². The molecule has 3 rings (SSSR count). The topological polar surface area (TPSA) is 82.1 Å². The molecule has 2 heterocycles. The number of aliphatic hydroxyl groups excluding tert-OH is 1. The zero-order valence-electron chi connectivity index (χ0n) is 16.8. The zero-order valence-corrected chi connectivity index (χ0v) is 16.8. The first-order chi connectivity index (χ1) is 13.5. The maximum absolute atomic E-state index is 13.3. The summed E-state index contributed by atoms with van der Waals surface area (Å²) in [6.07, 6.45) is 2.53. The van der Waals surface area contributed by atoms with Crippen LogP contribution in [0.1, 0.15) is 50.1 Å². The van der Waals surface area contributed by atoms with Crippen LogP contribution in [0.2, 0.25) is 0 Å². The van der Waals surface area contributed by atoms with Gasteiger partial charge in [0.15, 0.2) is 11.2 Å². The van der Waals surface area contributed by atoms with Crippen molar-refractivity contribution >= 4 is 11.2 Å². The summed E-state index contributed by atoms with van der Waals surface area (Å²) >= 11 is 0. The van der Waals surface area contributed by atoms with E-state index >= 15 is 0 Å². The van der Waals surface area contributed by atoms with Gasteiger partial charge in [-0.1, -0.05) is 50.1 Å². The van der Waals surface area contributed by atoms with Crippen molar-refractivity contribution < 1.29 is 5.11 Å². The molecule has 7 heteroatoms. The third-order valence-electron chi connectivity index (χ3n) is 4.98. The van der Waals surface area contributed by atoms with Crippen LogP contribution in [-0.4, -0.2) is 23.8 Å². The van der Waals surface area contributed by atoms with Crippen molar-refractivity contribution in [2.24, 2.45) is 0 Å². The van der Waals surface area contributed by atoms with E-state index in [0.29, 0.717) is 30.1 Å². The number of aryl methyl sites for hydroxylation is 3. The molecule has 3 aromatic rings. The highest BCUT2D eigenvalue weighted by molar-refractivity contribution is 5.71. The number of aromatic nitrogens is 4. The standard InChI is InChI=1S/C21H28N4O3/c1-4-6-12-24-19-18(23(11-5-2)17(14-26)22-19)20(27)25(21(24)28)13-16-9-7-15(3)8-10-16/h7-10,26H,4-6,11-14H2,1-3H3. The summed E-state index contributed by atoms with van der Waals surface area (Å²) in [5, 5.41) is 9.72. The van der Waals surface area contributed by atoms with Crippen molar-refractivity contribution in [3.05, 3.63) is 62.1 Å². The van der Waals surface area contributed by atoms with Gasteiger partial charge in [-0.15, -0.1) is 0 Å².